The van der Waals surface area contributed by atoms with Gasteiger partial charge >= 0.3 is 0 Å². The maximum atomic E-state index is 12.1. The average Bonchev–Trinajstić information content (AvgIpc) is 2.48. The molecular formula is C16H18N2O4. The molecule has 0 amide bonds. The Hall–Kier alpha value is -2.50. The Morgan fingerprint density at radius 2 is 2.00 bits per heavy atom. The summed E-state index contributed by atoms with van der Waals surface area (Å²) in [6.45, 7) is 1.93. The van der Waals surface area contributed by atoms with Crippen LogP contribution in [0.15, 0.2) is 40.6 Å². The van der Waals surface area contributed by atoms with E-state index in [0.29, 0.717) is 42.7 Å². The number of allylic oxidation sites excluding steroid dienone is 2. The standard InChI is InChI=1S/C16H18N2O4/c1-2-4-14(19)16-13(5-3-6-15(16)20)17-11-7-9-12(10-8-11)18(21)22/h7-10,19H,2-6H2,1H3/b16-14-,17-13?. The largest absolute Gasteiger partial charge is 0.511 e. The molecule has 0 spiro atoms. The quantitative estimate of drug-likeness (QED) is 0.393. The van der Waals surface area contributed by atoms with Crippen molar-refractivity contribution < 1.29 is 14.8 Å². The molecule has 1 N–H and O–H groups in total. The predicted octanol–water partition coefficient (Wildman–Crippen LogP) is 4.03. The van der Waals surface area contributed by atoms with E-state index in [4.69, 9.17) is 0 Å². The molecule has 1 aromatic rings. The van der Waals surface area contributed by atoms with Crippen molar-refractivity contribution in [3.63, 3.8) is 0 Å². The third-order valence-electron chi connectivity index (χ3n) is 3.48. The topological polar surface area (TPSA) is 92.8 Å². The van der Waals surface area contributed by atoms with E-state index in [0.717, 1.165) is 6.42 Å². The second-order valence-electron chi connectivity index (χ2n) is 5.18. The van der Waals surface area contributed by atoms with Gasteiger partial charge in [0.2, 0.25) is 0 Å². The Kier molecular flexibility index (Phi) is 5.04. The number of carbonyl (C=O) groups is 1. The molecule has 1 fully saturated rings. The number of aliphatic imine (C=N–C) groups is 1. The van der Waals surface area contributed by atoms with Gasteiger partial charge in [-0.15, -0.1) is 0 Å². The third-order valence-corrected chi connectivity index (χ3v) is 3.48. The summed E-state index contributed by atoms with van der Waals surface area (Å²) >= 11 is 0. The number of Topliss-reactive ketones (excluding diaryl/α,β-unsaturated/α-hetero) is 1. The van der Waals surface area contributed by atoms with Crippen LogP contribution in [-0.4, -0.2) is 21.5 Å². The predicted molar refractivity (Wildman–Crippen MR) is 83.6 cm³/mol. The molecule has 0 radical (unpaired) electrons. The number of hydrogen-bond acceptors (Lipinski definition) is 5. The first kappa shape index (κ1) is 15.9. The monoisotopic (exact) mass is 302 g/mol. The number of hydrogen-bond donors (Lipinski definition) is 1. The molecule has 0 heterocycles. The van der Waals surface area contributed by atoms with E-state index in [-0.39, 0.29) is 17.2 Å². The number of aliphatic hydroxyl groups is 1. The molecule has 0 aromatic heterocycles. The Labute approximate surface area is 128 Å². The van der Waals surface area contributed by atoms with Crippen LogP contribution in [0.3, 0.4) is 0 Å². The summed E-state index contributed by atoms with van der Waals surface area (Å²) in [6.07, 6.45) is 2.93. The van der Waals surface area contributed by atoms with Crippen molar-refractivity contribution in [2.45, 2.75) is 39.0 Å². The molecule has 0 saturated heterocycles. The van der Waals surface area contributed by atoms with E-state index in [2.05, 4.69) is 4.99 Å². The minimum atomic E-state index is -0.473. The van der Waals surface area contributed by atoms with Crippen LogP contribution in [-0.2, 0) is 4.79 Å². The molecule has 2 rings (SSSR count). The molecule has 1 saturated carbocycles. The lowest BCUT2D eigenvalue weighted by molar-refractivity contribution is -0.384. The Bertz CT molecular complexity index is 645. The van der Waals surface area contributed by atoms with E-state index in [1.807, 2.05) is 6.92 Å². The molecule has 22 heavy (non-hydrogen) atoms. The molecule has 1 aliphatic rings. The normalized spacial score (nSPS) is 19.3. The van der Waals surface area contributed by atoms with Crippen molar-refractivity contribution in [2.24, 2.45) is 4.99 Å². The fourth-order valence-electron chi connectivity index (χ4n) is 2.43. The second-order valence-corrected chi connectivity index (χ2v) is 5.18. The molecular weight excluding hydrogens is 284 g/mol. The summed E-state index contributed by atoms with van der Waals surface area (Å²) in [5.41, 5.74) is 1.42. The smallest absolute Gasteiger partial charge is 0.269 e. The molecule has 0 atom stereocenters. The van der Waals surface area contributed by atoms with Crippen molar-refractivity contribution in [2.75, 3.05) is 0 Å². The van der Waals surface area contributed by atoms with Gasteiger partial charge in [0.1, 0.15) is 5.76 Å². The van der Waals surface area contributed by atoms with Crippen LogP contribution in [0.1, 0.15) is 39.0 Å². The van der Waals surface area contributed by atoms with Gasteiger partial charge in [0, 0.05) is 25.0 Å². The van der Waals surface area contributed by atoms with Crippen LogP contribution < -0.4 is 0 Å². The van der Waals surface area contributed by atoms with Crippen molar-refractivity contribution in [1.29, 1.82) is 0 Å². The molecule has 1 aromatic carbocycles. The fraction of sp³-hybridized carbons (Fsp3) is 0.375. The van der Waals surface area contributed by atoms with Crippen LogP contribution in [0.25, 0.3) is 0 Å². The summed E-state index contributed by atoms with van der Waals surface area (Å²) in [6, 6.07) is 5.83. The number of ketones is 1. The lowest BCUT2D eigenvalue weighted by atomic mass is 9.89. The molecule has 0 bridgehead atoms. The lowest BCUT2D eigenvalue weighted by Crippen LogP contribution is -2.21. The van der Waals surface area contributed by atoms with Crippen LogP contribution >= 0.6 is 0 Å². The van der Waals surface area contributed by atoms with E-state index in [1.165, 1.54) is 12.1 Å². The van der Waals surface area contributed by atoms with Crippen molar-refractivity contribution in [3.05, 3.63) is 45.7 Å². The number of carbonyl (C=O) groups excluding carboxylic acids is 1. The molecule has 0 unspecified atom stereocenters. The Morgan fingerprint density at radius 3 is 2.59 bits per heavy atom. The average molecular weight is 302 g/mol. The van der Waals surface area contributed by atoms with Crippen molar-refractivity contribution >= 4 is 22.9 Å². The maximum absolute atomic E-state index is 12.1. The summed E-state index contributed by atoms with van der Waals surface area (Å²) in [7, 11) is 0. The molecule has 6 heteroatoms. The Balaban J connectivity index is 2.36. The second kappa shape index (κ2) is 6.98. The molecule has 116 valence electrons. The van der Waals surface area contributed by atoms with Crippen LogP contribution in [0, 0.1) is 10.1 Å². The molecule has 6 nitrogen and oxygen atoms in total. The molecule has 1 aliphatic carbocycles. The summed E-state index contributed by atoms with van der Waals surface area (Å²) in [5.74, 6) is 0.00530. The van der Waals surface area contributed by atoms with Crippen LogP contribution in [0.2, 0.25) is 0 Å². The van der Waals surface area contributed by atoms with E-state index >= 15 is 0 Å². The summed E-state index contributed by atoms with van der Waals surface area (Å²) in [5, 5.41) is 20.7. The highest BCUT2D eigenvalue weighted by atomic mass is 16.6. The van der Waals surface area contributed by atoms with Gasteiger partial charge in [-0.1, -0.05) is 6.92 Å². The van der Waals surface area contributed by atoms with E-state index < -0.39 is 4.92 Å². The number of non-ortho nitro benzene ring substituents is 1. The summed E-state index contributed by atoms with van der Waals surface area (Å²) < 4.78 is 0. The SMILES string of the molecule is CCC/C(O)=C1/C(=O)CCCC1=Nc1ccc([N+](=O)[O-])cc1. The van der Waals surface area contributed by atoms with Gasteiger partial charge in [-0.05, 0) is 31.4 Å². The summed E-state index contributed by atoms with van der Waals surface area (Å²) in [4.78, 5) is 26.6. The maximum Gasteiger partial charge on any atom is 0.269 e. The van der Waals surface area contributed by atoms with Gasteiger partial charge in [-0.2, -0.15) is 0 Å². The van der Waals surface area contributed by atoms with Gasteiger partial charge in [0.25, 0.3) is 5.69 Å². The number of nitro benzene ring substituents is 1. The number of benzene rings is 1. The van der Waals surface area contributed by atoms with E-state index in [1.54, 1.807) is 12.1 Å². The fourth-order valence-corrected chi connectivity index (χ4v) is 2.43. The van der Waals surface area contributed by atoms with Gasteiger partial charge in [0.05, 0.1) is 21.9 Å². The lowest BCUT2D eigenvalue weighted by Gasteiger charge is -2.17. The van der Waals surface area contributed by atoms with Crippen LogP contribution in [0.4, 0.5) is 11.4 Å². The third kappa shape index (κ3) is 3.58. The minimum Gasteiger partial charge on any atom is -0.511 e. The van der Waals surface area contributed by atoms with E-state index in [9.17, 15) is 20.0 Å². The zero-order valence-corrected chi connectivity index (χ0v) is 12.4. The van der Waals surface area contributed by atoms with Crippen molar-refractivity contribution in [1.82, 2.24) is 0 Å². The number of nitrogens with zero attached hydrogens (tertiary/aromatic N) is 2. The highest BCUT2D eigenvalue weighted by molar-refractivity contribution is 6.24. The highest BCUT2D eigenvalue weighted by Gasteiger charge is 2.25. The highest BCUT2D eigenvalue weighted by Crippen LogP contribution is 2.26. The van der Waals surface area contributed by atoms with Gasteiger partial charge in [-0.25, -0.2) is 0 Å². The minimum absolute atomic E-state index is 0.00623. The number of nitro groups is 1. The Morgan fingerprint density at radius 1 is 1.32 bits per heavy atom. The van der Waals surface area contributed by atoms with Crippen LogP contribution in [0.5, 0.6) is 0 Å². The van der Waals surface area contributed by atoms with Gasteiger partial charge in [0.15, 0.2) is 5.78 Å². The van der Waals surface area contributed by atoms with Gasteiger partial charge < -0.3 is 5.11 Å². The first-order chi connectivity index (χ1) is 10.5. The number of rotatable bonds is 4. The van der Waals surface area contributed by atoms with Crippen molar-refractivity contribution in [3.8, 4) is 0 Å². The zero-order valence-electron chi connectivity index (χ0n) is 12.4. The zero-order chi connectivity index (χ0) is 16.1. The first-order valence-electron chi connectivity index (χ1n) is 7.30. The molecule has 0 aliphatic heterocycles. The van der Waals surface area contributed by atoms with Gasteiger partial charge in [-0.3, -0.25) is 19.9 Å². The first-order valence-corrected chi connectivity index (χ1v) is 7.30. The number of aliphatic hydroxyl groups excluding tert-OH is 1.